The summed E-state index contributed by atoms with van der Waals surface area (Å²) in [7, 11) is 0. The first-order valence-corrected chi connectivity index (χ1v) is 4.44. The van der Waals surface area contributed by atoms with Gasteiger partial charge in [0.15, 0.2) is 0 Å². The van der Waals surface area contributed by atoms with Crippen molar-refractivity contribution in [1.29, 1.82) is 0 Å². The Labute approximate surface area is 86.6 Å². The first-order valence-electron chi connectivity index (χ1n) is 4.44. The van der Waals surface area contributed by atoms with Crippen LogP contribution in [0.4, 0.5) is 11.6 Å². The van der Waals surface area contributed by atoms with Gasteiger partial charge in [-0.15, -0.1) is 10.2 Å². The zero-order valence-electron chi connectivity index (χ0n) is 7.96. The van der Waals surface area contributed by atoms with Gasteiger partial charge in [0.25, 0.3) is 0 Å². The summed E-state index contributed by atoms with van der Waals surface area (Å²) in [4.78, 5) is 0. The maximum Gasteiger partial charge on any atom is 0.149 e. The van der Waals surface area contributed by atoms with Gasteiger partial charge >= 0.3 is 0 Å². The third-order valence-corrected chi connectivity index (χ3v) is 1.76. The van der Waals surface area contributed by atoms with Crippen LogP contribution in [0.2, 0.25) is 0 Å². The zero-order valence-corrected chi connectivity index (χ0v) is 7.96. The van der Waals surface area contributed by atoms with E-state index in [1.54, 1.807) is 18.3 Å². The number of hydrogen-bond donors (Lipinski definition) is 2. The summed E-state index contributed by atoms with van der Waals surface area (Å²) < 4.78 is 0. The molecule has 0 saturated carbocycles. The topological polar surface area (TPSA) is 89.6 Å². The lowest BCUT2D eigenvalue weighted by Crippen LogP contribution is -2.05. The lowest BCUT2D eigenvalue weighted by Gasteiger charge is -2.02. The molecule has 0 radical (unpaired) electrons. The SMILES string of the molecule is Nc1ccc(NCc2cccnn2)nn1. The summed E-state index contributed by atoms with van der Waals surface area (Å²) in [5.41, 5.74) is 6.25. The zero-order chi connectivity index (χ0) is 10.5. The third kappa shape index (κ3) is 2.60. The van der Waals surface area contributed by atoms with Gasteiger partial charge in [-0.05, 0) is 24.3 Å². The van der Waals surface area contributed by atoms with Gasteiger partial charge in [0, 0.05) is 6.20 Å². The number of anilines is 2. The highest BCUT2D eigenvalue weighted by molar-refractivity contribution is 5.38. The minimum Gasteiger partial charge on any atom is -0.382 e. The summed E-state index contributed by atoms with van der Waals surface area (Å²) in [5, 5.41) is 18.3. The molecule has 0 saturated heterocycles. The Hall–Kier alpha value is -2.24. The van der Waals surface area contributed by atoms with Gasteiger partial charge in [-0.1, -0.05) is 0 Å². The molecule has 0 bridgehead atoms. The summed E-state index contributed by atoms with van der Waals surface area (Å²) >= 11 is 0. The molecule has 0 unspecified atom stereocenters. The fourth-order valence-electron chi connectivity index (χ4n) is 1.05. The standard InChI is InChI=1S/C9H10N6/c10-8-3-4-9(15-14-8)11-6-7-2-1-5-12-13-7/h1-5H,6H2,(H2,10,14)(H,11,15). The third-order valence-electron chi connectivity index (χ3n) is 1.76. The number of hydrogen-bond acceptors (Lipinski definition) is 6. The molecule has 0 spiro atoms. The monoisotopic (exact) mass is 202 g/mol. The highest BCUT2D eigenvalue weighted by Gasteiger charge is 1.96. The normalized spacial score (nSPS) is 9.87. The van der Waals surface area contributed by atoms with Gasteiger partial charge in [-0.2, -0.15) is 10.2 Å². The van der Waals surface area contributed by atoms with Crippen LogP contribution < -0.4 is 11.1 Å². The van der Waals surface area contributed by atoms with Crippen molar-refractivity contribution in [2.75, 3.05) is 11.1 Å². The maximum absolute atomic E-state index is 5.41. The van der Waals surface area contributed by atoms with Crippen molar-refractivity contribution in [2.45, 2.75) is 6.54 Å². The predicted molar refractivity (Wildman–Crippen MR) is 55.8 cm³/mol. The van der Waals surface area contributed by atoms with E-state index >= 15 is 0 Å². The minimum absolute atomic E-state index is 0.403. The smallest absolute Gasteiger partial charge is 0.149 e. The average Bonchev–Trinajstić information content (AvgIpc) is 2.30. The molecular formula is C9H10N6. The van der Waals surface area contributed by atoms with E-state index in [0.717, 1.165) is 5.69 Å². The molecule has 0 aliphatic carbocycles. The van der Waals surface area contributed by atoms with Crippen LogP contribution in [-0.4, -0.2) is 20.4 Å². The lowest BCUT2D eigenvalue weighted by molar-refractivity contribution is 0.912. The van der Waals surface area contributed by atoms with E-state index in [9.17, 15) is 0 Å². The van der Waals surface area contributed by atoms with Crippen molar-refractivity contribution in [3.63, 3.8) is 0 Å². The van der Waals surface area contributed by atoms with Crippen LogP contribution in [-0.2, 0) is 6.54 Å². The van der Waals surface area contributed by atoms with Crippen molar-refractivity contribution in [2.24, 2.45) is 0 Å². The Bertz CT molecular complexity index is 412. The van der Waals surface area contributed by atoms with Gasteiger partial charge in [0.2, 0.25) is 0 Å². The Kier molecular flexibility index (Phi) is 2.68. The molecule has 2 heterocycles. The highest BCUT2D eigenvalue weighted by Crippen LogP contribution is 2.04. The first-order chi connectivity index (χ1) is 7.34. The second kappa shape index (κ2) is 4.32. The number of nitrogens with zero attached hydrogens (tertiary/aromatic N) is 4. The van der Waals surface area contributed by atoms with Gasteiger partial charge in [0.1, 0.15) is 11.6 Å². The molecule has 3 N–H and O–H groups in total. The van der Waals surface area contributed by atoms with Crippen LogP contribution in [0.1, 0.15) is 5.69 Å². The molecule has 0 fully saturated rings. The summed E-state index contributed by atoms with van der Waals surface area (Å²) in [6.45, 7) is 0.562. The van der Waals surface area contributed by atoms with Gasteiger partial charge in [-0.3, -0.25) is 0 Å². The molecule has 0 aromatic carbocycles. The molecule has 2 rings (SSSR count). The van der Waals surface area contributed by atoms with Crippen LogP contribution in [0.5, 0.6) is 0 Å². The van der Waals surface area contributed by atoms with Crippen LogP contribution in [0, 0.1) is 0 Å². The van der Waals surface area contributed by atoms with E-state index in [1.165, 1.54) is 0 Å². The van der Waals surface area contributed by atoms with Crippen molar-refractivity contribution in [1.82, 2.24) is 20.4 Å². The molecular weight excluding hydrogens is 192 g/mol. The molecule has 0 amide bonds. The Morgan fingerprint density at radius 2 is 2.07 bits per heavy atom. The number of nitrogens with one attached hydrogen (secondary N) is 1. The average molecular weight is 202 g/mol. The Morgan fingerprint density at radius 1 is 1.13 bits per heavy atom. The van der Waals surface area contributed by atoms with E-state index in [1.807, 2.05) is 12.1 Å². The number of nitrogen functional groups attached to an aromatic ring is 1. The Balaban J connectivity index is 1.96. The molecule has 0 aliphatic rings. The summed E-state index contributed by atoms with van der Waals surface area (Å²) in [6, 6.07) is 7.16. The van der Waals surface area contributed by atoms with E-state index in [4.69, 9.17) is 5.73 Å². The van der Waals surface area contributed by atoms with Gasteiger partial charge in [-0.25, -0.2) is 0 Å². The second-order valence-electron chi connectivity index (χ2n) is 2.91. The molecule has 2 aromatic rings. The van der Waals surface area contributed by atoms with E-state index in [-0.39, 0.29) is 0 Å². The largest absolute Gasteiger partial charge is 0.382 e. The molecule has 15 heavy (non-hydrogen) atoms. The summed E-state index contributed by atoms with van der Waals surface area (Å²) in [6.07, 6.45) is 1.63. The van der Waals surface area contributed by atoms with Crippen molar-refractivity contribution >= 4 is 11.6 Å². The number of rotatable bonds is 3. The van der Waals surface area contributed by atoms with Gasteiger partial charge in [0.05, 0.1) is 12.2 Å². The van der Waals surface area contributed by atoms with E-state index in [2.05, 4.69) is 25.7 Å². The second-order valence-corrected chi connectivity index (χ2v) is 2.91. The van der Waals surface area contributed by atoms with Crippen molar-refractivity contribution < 1.29 is 0 Å². The fourth-order valence-corrected chi connectivity index (χ4v) is 1.05. The fraction of sp³-hybridized carbons (Fsp3) is 0.111. The molecule has 6 nitrogen and oxygen atoms in total. The van der Waals surface area contributed by atoms with Crippen LogP contribution in [0.15, 0.2) is 30.5 Å². The van der Waals surface area contributed by atoms with E-state index < -0.39 is 0 Å². The molecule has 0 aliphatic heterocycles. The first kappa shape index (κ1) is 9.32. The molecule has 6 heteroatoms. The van der Waals surface area contributed by atoms with Gasteiger partial charge < -0.3 is 11.1 Å². The highest BCUT2D eigenvalue weighted by atomic mass is 15.2. The minimum atomic E-state index is 0.403. The van der Waals surface area contributed by atoms with Crippen molar-refractivity contribution in [3.8, 4) is 0 Å². The molecule has 2 aromatic heterocycles. The molecule has 0 atom stereocenters. The lowest BCUT2D eigenvalue weighted by atomic mass is 10.4. The van der Waals surface area contributed by atoms with Crippen LogP contribution in [0.3, 0.4) is 0 Å². The molecule has 76 valence electrons. The summed E-state index contributed by atoms with van der Waals surface area (Å²) in [5.74, 6) is 1.06. The predicted octanol–water partition coefficient (Wildman–Crippen LogP) is 0.461. The van der Waals surface area contributed by atoms with Crippen LogP contribution in [0.25, 0.3) is 0 Å². The Morgan fingerprint density at radius 3 is 2.73 bits per heavy atom. The quantitative estimate of drug-likeness (QED) is 0.751. The van der Waals surface area contributed by atoms with E-state index in [0.29, 0.717) is 18.2 Å². The maximum atomic E-state index is 5.41. The van der Waals surface area contributed by atoms with Crippen LogP contribution >= 0.6 is 0 Å². The number of aromatic nitrogens is 4. The number of nitrogens with two attached hydrogens (primary N) is 1. The van der Waals surface area contributed by atoms with Crippen molar-refractivity contribution in [3.05, 3.63) is 36.2 Å².